The first-order valence-corrected chi connectivity index (χ1v) is 10.6. The fraction of sp³-hybridized carbons (Fsp3) is 0.0370. The van der Waals surface area contributed by atoms with Crippen LogP contribution in [0.3, 0.4) is 0 Å². The zero-order chi connectivity index (χ0) is 22.4. The van der Waals surface area contributed by atoms with E-state index in [4.69, 9.17) is 4.98 Å². The molecule has 0 saturated heterocycles. The number of nitrogens with zero attached hydrogens (tertiary/aromatic N) is 3. The van der Waals surface area contributed by atoms with Gasteiger partial charge in [0.1, 0.15) is 5.82 Å². The summed E-state index contributed by atoms with van der Waals surface area (Å²) in [7, 11) is 0. The normalized spacial score (nSPS) is 13.8. The Morgan fingerprint density at radius 2 is 1.73 bits per heavy atom. The molecule has 1 amide bonds. The molecule has 1 aliphatic carbocycles. The van der Waals surface area contributed by atoms with E-state index in [9.17, 15) is 10.1 Å². The van der Waals surface area contributed by atoms with Crippen molar-refractivity contribution < 1.29 is 4.79 Å². The third-order valence-electron chi connectivity index (χ3n) is 6.03. The van der Waals surface area contributed by atoms with Gasteiger partial charge in [-0.1, -0.05) is 42.5 Å². The number of rotatable bonds is 3. The number of aromatic nitrogens is 3. The minimum atomic E-state index is -0.272. The van der Waals surface area contributed by atoms with Crippen molar-refractivity contribution >= 4 is 16.9 Å². The van der Waals surface area contributed by atoms with E-state index in [-0.39, 0.29) is 11.9 Å². The zero-order valence-electron chi connectivity index (χ0n) is 17.4. The van der Waals surface area contributed by atoms with Gasteiger partial charge in [-0.3, -0.25) is 9.78 Å². The Hall–Kier alpha value is -4.76. The van der Waals surface area contributed by atoms with Gasteiger partial charge in [0.2, 0.25) is 0 Å². The van der Waals surface area contributed by atoms with Crippen LogP contribution in [0.2, 0.25) is 0 Å². The number of fused-ring (bicyclic) bond motifs is 4. The second kappa shape index (κ2) is 7.43. The monoisotopic (exact) mass is 427 g/mol. The highest BCUT2D eigenvalue weighted by atomic mass is 16.1. The average Bonchev–Trinajstić information content (AvgIpc) is 3.43. The summed E-state index contributed by atoms with van der Waals surface area (Å²) in [6.07, 6.45) is 3.23. The molecule has 33 heavy (non-hydrogen) atoms. The highest BCUT2D eigenvalue weighted by molar-refractivity contribution is 5.97. The van der Waals surface area contributed by atoms with Gasteiger partial charge in [-0.05, 0) is 52.6 Å². The van der Waals surface area contributed by atoms with Crippen molar-refractivity contribution in [3.63, 3.8) is 0 Å². The SMILES string of the molecule is N#Cc1ccc2nc(-c3cccc4c3-c3ccccc3C4NC(=O)c3ccncc3)[nH]c2c1. The van der Waals surface area contributed by atoms with Crippen molar-refractivity contribution in [3.05, 3.63) is 107 Å². The Labute approximate surface area is 189 Å². The number of carbonyl (C=O) groups excluding carboxylic acids is 1. The fourth-order valence-corrected chi connectivity index (χ4v) is 4.53. The number of amides is 1. The molecular weight excluding hydrogens is 410 g/mol. The molecule has 6 rings (SSSR count). The molecule has 5 aromatic rings. The Bertz CT molecular complexity index is 1580. The Morgan fingerprint density at radius 1 is 0.939 bits per heavy atom. The molecule has 2 heterocycles. The standard InChI is InChI=1S/C27H17N5O/c28-15-16-8-9-22-23(14-16)31-26(30-22)21-7-3-6-20-24(21)18-4-1-2-5-19(18)25(20)32-27(33)17-10-12-29-13-11-17/h1-14,25H,(H,30,31)(H,32,33). The van der Waals surface area contributed by atoms with Gasteiger partial charge < -0.3 is 10.3 Å². The number of nitriles is 1. The van der Waals surface area contributed by atoms with E-state index in [1.54, 1.807) is 36.7 Å². The molecule has 1 unspecified atom stereocenters. The molecule has 1 atom stereocenters. The average molecular weight is 427 g/mol. The molecule has 0 fully saturated rings. The summed E-state index contributed by atoms with van der Waals surface area (Å²) in [6.45, 7) is 0. The predicted octanol–water partition coefficient (Wildman–Crippen LogP) is 5.00. The summed E-state index contributed by atoms with van der Waals surface area (Å²) in [6, 6.07) is 24.9. The minimum Gasteiger partial charge on any atom is -0.341 e. The molecule has 0 radical (unpaired) electrons. The summed E-state index contributed by atoms with van der Waals surface area (Å²) >= 11 is 0. The van der Waals surface area contributed by atoms with Crippen molar-refractivity contribution in [3.8, 4) is 28.6 Å². The van der Waals surface area contributed by atoms with Crippen LogP contribution in [-0.2, 0) is 0 Å². The first kappa shape index (κ1) is 19.0. The zero-order valence-corrected chi connectivity index (χ0v) is 17.4. The van der Waals surface area contributed by atoms with Gasteiger partial charge in [-0.2, -0.15) is 5.26 Å². The smallest absolute Gasteiger partial charge is 0.252 e. The molecule has 3 aromatic carbocycles. The number of benzene rings is 3. The second-order valence-corrected chi connectivity index (χ2v) is 7.93. The van der Waals surface area contributed by atoms with E-state index < -0.39 is 0 Å². The lowest BCUT2D eigenvalue weighted by atomic mass is 9.98. The number of aromatic amines is 1. The maximum absolute atomic E-state index is 13.0. The predicted molar refractivity (Wildman–Crippen MR) is 125 cm³/mol. The van der Waals surface area contributed by atoms with Crippen LogP contribution in [0, 0.1) is 11.3 Å². The number of imidazole rings is 1. The van der Waals surface area contributed by atoms with E-state index >= 15 is 0 Å². The molecule has 1 aliphatic rings. The maximum Gasteiger partial charge on any atom is 0.252 e. The molecule has 6 nitrogen and oxygen atoms in total. The van der Waals surface area contributed by atoms with Crippen LogP contribution in [-0.4, -0.2) is 20.9 Å². The van der Waals surface area contributed by atoms with Gasteiger partial charge in [0.15, 0.2) is 0 Å². The van der Waals surface area contributed by atoms with Crippen molar-refractivity contribution in [1.29, 1.82) is 5.26 Å². The molecule has 0 aliphatic heterocycles. The number of nitrogens with one attached hydrogen (secondary N) is 2. The van der Waals surface area contributed by atoms with E-state index in [0.29, 0.717) is 11.1 Å². The lowest BCUT2D eigenvalue weighted by Gasteiger charge is -2.16. The van der Waals surface area contributed by atoms with Gasteiger partial charge in [0.25, 0.3) is 5.91 Å². The molecular formula is C27H17N5O. The van der Waals surface area contributed by atoms with Crippen molar-refractivity contribution in [2.75, 3.05) is 0 Å². The van der Waals surface area contributed by atoms with E-state index in [1.165, 1.54) is 0 Å². The number of pyridine rings is 1. The Balaban J connectivity index is 1.49. The van der Waals surface area contributed by atoms with Crippen molar-refractivity contribution in [2.45, 2.75) is 6.04 Å². The van der Waals surface area contributed by atoms with Gasteiger partial charge in [-0.25, -0.2) is 4.98 Å². The highest BCUT2D eigenvalue weighted by Gasteiger charge is 2.32. The summed E-state index contributed by atoms with van der Waals surface area (Å²) in [5.41, 5.74) is 7.91. The van der Waals surface area contributed by atoms with Crippen molar-refractivity contribution in [1.82, 2.24) is 20.3 Å². The third-order valence-corrected chi connectivity index (χ3v) is 6.03. The van der Waals surface area contributed by atoms with E-state index in [1.807, 2.05) is 36.4 Å². The molecule has 6 heteroatoms. The van der Waals surface area contributed by atoms with Gasteiger partial charge in [0.05, 0.1) is 28.7 Å². The molecule has 2 N–H and O–H groups in total. The quantitative estimate of drug-likeness (QED) is 0.424. The first-order valence-electron chi connectivity index (χ1n) is 10.6. The maximum atomic E-state index is 13.0. The second-order valence-electron chi connectivity index (χ2n) is 7.93. The number of carbonyl (C=O) groups is 1. The molecule has 2 aromatic heterocycles. The molecule has 0 bridgehead atoms. The van der Waals surface area contributed by atoms with Crippen LogP contribution in [0.5, 0.6) is 0 Å². The van der Waals surface area contributed by atoms with Gasteiger partial charge in [-0.15, -0.1) is 0 Å². The number of hydrogen-bond acceptors (Lipinski definition) is 4. The summed E-state index contributed by atoms with van der Waals surface area (Å²) in [4.78, 5) is 25.1. The van der Waals surface area contributed by atoms with E-state index in [0.717, 1.165) is 44.7 Å². The largest absolute Gasteiger partial charge is 0.341 e. The summed E-state index contributed by atoms with van der Waals surface area (Å²) < 4.78 is 0. The van der Waals surface area contributed by atoms with Crippen molar-refractivity contribution in [2.24, 2.45) is 0 Å². The van der Waals surface area contributed by atoms with Crippen LogP contribution in [0.15, 0.2) is 85.2 Å². The van der Waals surface area contributed by atoms with Crippen LogP contribution >= 0.6 is 0 Å². The topological polar surface area (TPSA) is 94.5 Å². The highest BCUT2D eigenvalue weighted by Crippen LogP contribution is 2.47. The summed E-state index contributed by atoms with van der Waals surface area (Å²) in [5, 5.41) is 12.4. The number of H-pyrrole nitrogens is 1. The molecule has 0 saturated carbocycles. The Morgan fingerprint density at radius 3 is 2.58 bits per heavy atom. The first-order chi connectivity index (χ1) is 16.2. The third kappa shape index (κ3) is 3.07. The van der Waals surface area contributed by atoms with Crippen LogP contribution in [0.25, 0.3) is 33.5 Å². The van der Waals surface area contributed by atoms with Crippen LogP contribution in [0.1, 0.15) is 33.1 Å². The van der Waals surface area contributed by atoms with Gasteiger partial charge >= 0.3 is 0 Å². The number of hydrogen-bond donors (Lipinski definition) is 2. The summed E-state index contributed by atoms with van der Waals surface area (Å²) in [5.74, 6) is 0.580. The lowest BCUT2D eigenvalue weighted by molar-refractivity contribution is 0.0943. The molecule has 156 valence electrons. The van der Waals surface area contributed by atoms with E-state index in [2.05, 4.69) is 33.5 Å². The fourth-order valence-electron chi connectivity index (χ4n) is 4.53. The Kier molecular flexibility index (Phi) is 4.27. The molecule has 0 spiro atoms. The lowest BCUT2D eigenvalue weighted by Crippen LogP contribution is -2.28. The van der Waals surface area contributed by atoms with Crippen LogP contribution < -0.4 is 5.32 Å². The van der Waals surface area contributed by atoms with Crippen LogP contribution in [0.4, 0.5) is 0 Å². The minimum absolute atomic E-state index is 0.150. The van der Waals surface area contributed by atoms with Gasteiger partial charge in [0, 0.05) is 23.5 Å².